The Hall–Kier alpha value is -1.75. The maximum absolute atomic E-state index is 5.57. The van der Waals surface area contributed by atoms with Crippen molar-refractivity contribution in [2.24, 2.45) is 5.73 Å². The lowest BCUT2D eigenvalue weighted by Crippen LogP contribution is -2.00. The van der Waals surface area contributed by atoms with E-state index in [2.05, 4.69) is 15.2 Å². The van der Waals surface area contributed by atoms with Crippen LogP contribution >= 0.6 is 0 Å². The summed E-state index contributed by atoms with van der Waals surface area (Å²) in [4.78, 5) is 4.37. The van der Waals surface area contributed by atoms with E-state index in [4.69, 9.17) is 10.2 Å². The molecule has 0 radical (unpaired) electrons. The first-order chi connectivity index (χ1) is 8.20. The topological polar surface area (TPSA) is 77.8 Å². The molecule has 2 N–H and O–H groups in total. The van der Waals surface area contributed by atoms with Crippen LogP contribution in [0.5, 0.6) is 0 Å². The molecule has 2 rings (SSSR count). The van der Waals surface area contributed by atoms with Gasteiger partial charge in [0.2, 0.25) is 11.8 Å². The molecule has 0 amide bonds. The first kappa shape index (κ1) is 11.7. The van der Waals surface area contributed by atoms with Crippen LogP contribution in [0.2, 0.25) is 0 Å². The predicted octanol–water partition coefficient (Wildman–Crippen LogP) is 1.64. The zero-order valence-electron chi connectivity index (χ0n) is 10.1. The van der Waals surface area contributed by atoms with Crippen molar-refractivity contribution in [2.45, 2.75) is 26.7 Å². The summed E-state index contributed by atoms with van der Waals surface area (Å²) < 4.78 is 5.57. The number of rotatable bonds is 4. The minimum Gasteiger partial charge on any atom is -0.421 e. The lowest BCUT2D eigenvalue weighted by molar-refractivity contribution is 0.498. The molecule has 0 fully saturated rings. The minimum atomic E-state index is 0.530. The molecule has 2 aromatic rings. The summed E-state index contributed by atoms with van der Waals surface area (Å²) in [6, 6.07) is 3.89. The SMILES string of the molecule is Cc1ccc(-c2nnc(CCCN)o2)c(C)n1. The number of nitrogens with zero attached hydrogens (tertiary/aromatic N) is 3. The van der Waals surface area contributed by atoms with Crippen molar-refractivity contribution < 1.29 is 4.42 Å². The number of nitrogens with two attached hydrogens (primary N) is 1. The first-order valence-electron chi connectivity index (χ1n) is 5.68. The van der Waals surface area contributed by atoms with Crippen LogP contribution in [0.1, 0.15) is 23.7 Å². The first-order valence-corrected chi connectivity index (χ1v) is 5.68. The minimum absolute atomic E-state index is 0.530. The summed E-state index contributed by atoms with van der Waals surface area (Å²) in [5.74, 6) is 1.16. The maximum atomic E-state index is 5.57. The number of aromatic nitrogens is 3. The maximum Gasteiger partial charge on any atom is 0.249 e. The Morgan fingerprint density at radius 2 is 2.06 bits per heavy atom. The molecule has 5 heteroatoms. The van der Waals surface area contributed by atoms with Crippen molar-refractivity contribution in [1.82, 2.24) is 15.2 Å². The van der Waals surface area contributed by atoms with E-state index < -0.39 is 0 Å². The Morgan fingerprint density at radius 3 is 2.76 bits per heavy atom. The largest absolute Gasteiger partial charge is 0.421 e. The zero-order valence-corrected chi connectivity index (χ0v) is 10.1. The summed E-state index contributed by atoms with van der Waals surface area (Å²) in [5.41, 5.74) is 8.21. The Labute approximate surface area is 100 Å². The van der Waals surface area contributed by atoms with Crippen LogP contribution in [0, 0.1) is 13.8 Å². The van der Waals surface area contributed by atoms with E-state index in [1.54, 1.807) is 0 Å². The van der Waals surface area contributed by atoms with Crippen molar-refractivity contribution in [1.29, 1.82) is 0 Å². The van der Waals surface area contributed by atoms with E-state index in [1.165, 1.54) is 0 Å². The van der Waals surface area contributed by atoms with E-state index in [0.29, 0.717) is 18.3 Å². The second kappa shape index (κ2) is 5.05. The molecule has 0 aromatic carbocycles. The van der Waals surface area contributed by atoms with Crippen molar-refractivity contribution in [3.63, 3.8) is 0 Å². The number of aryl methyl sites for hydroxylation is 3. The van der Waals surface area contributed by atoms with E-state index in [-0.39, 0.29) is 0 Å². The molecule has 0 spiro atoms. The third kappa shape index (κ3) is 2.68. The molecule has 0 saturated carbocycles. The Balaban J connectivity index is 2.24. The predicted molar refractivity (Wildman–Crippen MR) is 64.4 cm³/mol. The zero-order chi connectivity index (χ0) is 12.3. The molecular formula is C12H16N4O. The number of pyridine rings is 1. The lowest BCUT2D eigenvalue weighted by atomic mass is 10.2. The third-order valence-electron chi connectivity index (χ3n) is 2.52. The summed E-state index contributed by atoms with van der Waals surface area (Å²) in [7, 11) is 0. The fourth-order valence-electron chi connectivity index (χ4n) is 1.63. The van der Waals surface area contributed by atoms with E-state index >= 15 is 0 Å². The van der Waals surface area contributed by atoms with E-state index in [1.807, 2.05) is 26.0 Å². The van der Waals surface area contributed by atoms with Crippen LogP contribution in [-0.2, 0) is 6.42 Å². The highest BCUT2D eigenvalue weighted by molar-refractivity contribution is 5.55. The van der Waals surface area contributed by atoms with Gasteiger partial charge in [-0.1, -0.05) is 0 Å². The number of hydrogen-bond donors (Lipinski definition) is 1. The van der Waals surface area contributed by atoms with Crippen molar-refractivity contribution >= 4 is 0 Å². The van der Waals surface area contributed by atoms with Gasteiger partial charge in [-0.05, 0) is 38.9 Å². The molecule has 0 unspecified atom stereocenters. The Kier molecular flexibility index (Phi) is 3.49. The molecule has 0 bridgehead atoms. The lowest BCUT2D eigenvalue weighted by Gasteiger charge is -2.00. The molecule has 2 aromatic heterocycles. The standard InChI is InChI=1S/C12H16N4O/c1-8-5-6-10(9(2)14-8)12-16-15-11(17-12)4-3-7-13/h5-6H,3-4,7,13H2,1-2H3. The fraction of sp³-hybridized carbons (Fsp3) is 0.417. The third-order valence-corrected chi connectivity index (χ3v) is 2.52. The van der Waals surface area contributed by atoms with Gasteiger partial charge in [-0.25, -0.2) is 0 Å². The summed E-state index contributed by atoms with van der Waals surface area (Å²) in [6.07, 6.45) is 1.58. The Bertz CT molecular complexity index is 507. The summed E-state index contributed by atoms with van der Waals surface area (Å²) in [5, 5.41) is 8.03. The quantitative estimate of drug-likeness (QED) is 0.867. The van der Waals surface area contributed by atoms with Gasteiger partial charge in [0.25, 0.3) is 0 Å². The van der Waals surface area contributed by atoms with Gasteiger partial charge in [0.15, 0.2) is 0 Å². The summed E-state index contributed by atoms with van der Waals surface area (Å²) >= 11 is 0. The van der Waals surface area contributed by atoms with Gasteiger partial charge in [0.1, 0.15) is 0 Å². The van der Waals surface area contributed by atoms with Gasteiger partial charge >= 0.3 is 0 Å². The van der Waals surface area contributed by atoms with Crippen LogP contribution in [0.4, 0.5) is 0 Å². The van der Waals surface area contributed by atoms with Crippen LogP contribution in [-0.4, -0.2) is 21.7 Å². The van der Waals surface area contributed by atoms with Crippen molar-refractivity contribution in [3.05, 3.63) is 29.4 Å². The molecule has 90 valence electrons. The van der Waals surface area contributed by atoms with Crippen LogP contribution in [0.15, 0.2) is 16.5 Å². The molecule has 0 aliphatic carbocycles. The number of hydrogen-bond acceptors (Lipinski definition) is 5. The van der Waals surface area contributed by atoms with Gasteiger partial charge in [-0.2, -0.15) is 0 Å². The van der Waals surface area contributed by atoms with Crippen LogP contribution in [0.25, 0.3) is 11.5 Å². The summed E-state index contributed by atoms with van der Waals surface area (Å²) in [6.45, 7) is 4.52. The molecule has 0 aliphatic heterocycles. The van der Waals surface area contributed by atoms with Gasteiger partial charge in [0.05, 0.1) is 11.3 Å². The Morgan fingerprint density at radius 1 is 1.24 bits per heavy atom. The molecule has 0 atom stereocenters. The second-order valence-electron chi connectivity index (χ2n) is 3.98. The van der Waals surface area contributed by atoms with Gasteiger partial charge < -0.3 is 10.2 Å². The molecule has 0 saturated heterocycles. The normalized spacial score (nSPS) is 10.8. The molecule has 5 nitrogen and oxygen atoms in total. The highest BCUT2D eigenvalue weighted by Crippen LogP contribution is 2.21. The van der Waals surface area contributed by atoms with Crippen LogP contribution < -0.4 is 5.73 Å². The highest BCUT2D eigenvalue weighted by Gasteiger charge is 2.11. The smallest absolute Gasteiger partial charge is 0.249 e. The van der Waals surface area contributed by atoms with E-state index in [9.17, 15) is 0 Å². The molecular weight excluding hydrogens is 216 g/mol. The average molecular weight is 232 g/mol. The molecule has 2 heterocycles. The molecule has 17 heavy (non-hydrogen) atoms. The monoisotopic (exact) mass is 232 g/mol. The van der Waals surface area contributed by atoms with E-state index in [0.717, 1.165) is 29.8 Å². The van der Waals surface area contributed by atoms with Gasteiger partial charge in [-0.3, -0.25) is 4.98 Å². The average Bonchev–Trinajstić information content (AvgIpc) is 2.75. The fourth-order valence-corrected chi connectivity index (χ4v) is 1.63. The highest BCUT2D eigenvalue weighted by atomic mass is 16.4. The van der Waals surface area contributed by atoms with Crippen molar-refractivity contribution in [3.8, 4) is 11.5 Å². The van der Waals surface area contributed by atoms with Crippen LogP contribution in [0.3, 0.4) is 0 Å². The van der Waals surface area contributed by atoms with Crippen molar-refractivity contribution in [2.75, 3.05) is 6.54 Å². The second-order valence-corrected chi connectivity index (χ2v) is 3.98. The van der Waals surface area contributed by atoms with Gasteiger partial charge in [0, 0.05) is 12.1 Å². The van der Waals surface area contributed by atoms with Gasteiger partial charge in [-0.15, -0.1) is 10.2 Å². The molecule has 0 aliphatic rings.